The third kappa shape index (κ3) is 6.85. The Bertz CT molecular complexity index is 933. The fraction of sp³-hybridized carbons (Fsp3) is 0.409. The number of hydrogen-bond acceptors (Lipinski definition) is 3. The van der Waals surface area contributed by atoms with Gasteiger partial charge in [-0.3, -0.25) is 9.78 Å². The molecule has 3 amide bonds. The van der Waals surface area contributed by atoms with Crippen LogP contribution in [0.4, 0.5) is 18.0 Å². The van der Waals surface area contributed by atoms with Gasteiger partial charge in [-0.25, -0.2) is 4.79 Å². The molecule has 0 unspecified atom stereocenters. The highest BCUT2D eigenvalue weighted by Crippen LogP contribution is 2.32. The maximum absolute atomic E-state index is 12.9. The number of rotatable bonds is 6. The van der Waals surface area contributed by atoms with E-state index in [2.05, 4.69) is 15.6 Å². The van der Waals surface area contributed by atoms with Gasteiger partial charge in [0.25, 0.3) is 0 Å². The van der Waals surface area contributed by atoms with Crippen molar-refractivity contribution in [1.29, 1.82) is 0 Å². The molecule has 10 heteroatoms. The average Bonchev–Trinajstić information content (AvgIpc) is 2.78. The lowest BCUT2D eigenvalue weighted by molar-refractivity contribution is -0.138. The SMILES string of the molecule is O=C(NCc1cccnc1)NCC1CCN(C(=O)Cc2cc(C(F)(F)F)ccc2Cl)CC1. The number of benzene rings is 1. The average molecular weight is 469 g/mol. The molecule has 0 radical (unpaired) electrons. The van der Waals surface area contributed by atoms with Gasteiger partial charge in [0.15, 0.2) is 0 Å². The number of carbonyl (C=O) groups is 2. The molecule has 0 atom stereocenters. The van der Waals surface area contributed by atoms with Crippen molar-refractivity contribution >= 4 is 23.5 Å². The van der Waals surface area contributed by atoms with E-state index in [9.17, 15) is 22.8 Å². The molecule has 0 bridgehead atoms. The summed E-state index contributed by atoms with van der Waals surface area (Å²) in [5, 5.41) is 5.74. The van der Waals surface area contributed by atoms with Crippen LogP contribution in [-0.2, 0) is 23.9 Å². The Labute approximate surface area is 189 Å². The van der Waals surface area contributed by atoms with Crippen molar-refractivity contribution in [3.05, 3.63) is 64.4 Å². The van der Waals surface area contributed by atoms with Crippen LogP contribution in [0, 0.1) is 5.92 Å². The summed E-state index contributed by atoms with van der Waals surface area (Å²) in [6, 6.07) is 6.40. The molecule has 2 aromatic rings. The first-order valence-corrected chi connectivity index (χ1v) is 10.6. The molecule has 0 saturated carbocycles. The van der Waals surface area contributed by atoms with E-state index in [1.165, 1.54) is 6.07 Å². The monoisotopic (exact) mass is 468 g/mol. The van der Waals surface area contributed by atoms with E-state index in [0.29, 0.717) is 39.0 Å². The summed E-state index contributed by atoms with van der Waals surface area (Å²) in [6.07, 6.45) is 0.0742. The summed E-state index contributed by atoms with van der Waals surface area (Å²) in [5.41, 5.74) is 0.243. The molecular formula is C22H24ClF3N4O2. The highest BCUT2D eigenvalue weighted by molar-refractivity contribution is 6.31. The Morgan fingerprint density at radius 2 is 1.91 bits per heavy atom. The third-order valence-corrected chi connectivity index (χ3v) is 5.78. The van der Waals surface area contributed by atoms with Crippen molar-refractivity contribution in [2.24, 2.45) is 5.92 Å². The lowest BCUT2D eigenvalue weighted by atomic mass is 9.96. The minimum Gasteiger partial charge on any atom is -0.342 e. The second-order valence-electron chi connectivity index (χ2n) is 7.73. The second kappa shape index (κ2) is 10.7. The number of hydrogen-bond donors (Lipinski definition) is 2. The first kappa shape index (κ1) is 23.8. The molecule has 2 heterocycles. The molecule has 3 rings (SSSR count). The number of nitrogens with zero attached hydrogens (tertiary/aromatic N) is 2. The van der Waals surface area contributed by atoms with Crippen LogP contribution in [0.1, 0.15) is 29.5 Å². The number of aromatic nitrogens is 1. The van der Waals surface area contributed by atoms with E-state index in [1.54, 1.807) is 23.4 Å². The lowest BCUT2D eigenvalue weighted by Gasteiger charge is -2.32. The molecule has 1 fully saturated rings. The van der Waals surface area contributed by atoms with Crippen molar-refractivity contribution < 1.29 is 22.8 Å². The molecule has 1 aromatic carbocycles. The van der Waals surface area contributed by atoms with Crippen LogP contribution in [0.15, 0.2) is 42.7 Å². The Hall–Kier alpha value is -2.81. The Morgan fingerprint density at radius 1 is 1.16 bits per heavy atom. The Morgan fingerprint density at radius 3 is 2.56 bits per heavy atom. The molecule has 1 saturated heterocycles. The maximum Gasteiger partial charge on any atom is 0.416 e. The van der Waals surface area contributed by atoms with Gasteiger partial charge < -0.3 is 15.5 Å². The van der Waals surface area contributed by atoms with Crippen LogP contribution in [0.3, 0.4) is 0 Å². The van der Waals surface area contributed by atoms with Crippen LogP contribution in [-0.4, -0.2) is 41.5 Å². The van der Waals surface area contributed by atoms with Gasteiger partial charge in [-0.2, -0.15) is 13.2 Å². The van der Waals surface area contributed by atoms with Gasteiger partial charge in [0.05, 0.1) is 12.0 Å². The number of carbonyl (C=O) groups excluding carboxylic acids is 2. The predicted molar refractivity (Wildman–Crippen MR) is 114 cm³/mol. The highest BCUT2D eigenvalue weighted by Gasteiger charge is 2.31. The number of amides is 3. The summed E-state index contributed by atoms with van der Waals surface area (Å²) in [6.45, 7) is 1.84. The van der Waals surface area contributed by atoms with Crippen LogP contribution in [0.5, 0.6) is 0 Å². The second-order valence-corrected chi connectivity index (χ2v) is 8.14. The first-order chi connectivity index (χ1) is 15.2. The van der Waals surface area contributed by atoms with Gasteiger partial charge in [0, 0.05) is 43.6 Å². The zero-order valence-corrected chi connectivity index (χ0v) is 18.0. The summed E-state index contributed by atoms with van der Waals surface area (Å²) in [4.78, 5) is 30.2. The van der Waals surface area contributed by atoms with E-state index in [4.69, 9.17) is 11.6 Å². The van der Waals surface area contributed by atoms with Gasteiger partial charge in [-0.15, -0.1) is 0 Å². The van der Waals surface area contributed by atoms with E-state index in [1.807, 2.05) is 6.07 Å². The van der Waals surface area contributed by atoms with Crippen LogP contribution >= 0.6 is 11.6 Å². The summed E-state index contributed by atoms with van der Waals surface area (Å²) in [7, 11) is 0. The number of piperidine rings is 1. The number of urea groups is 1. The normalized spacial score (nSPS) is 14.8. The van der Waals surface area contributed by atoms with Gasteiger partial charge in [-0.05, 0) is 54.2 Å². The third-order valence-electron chi connectivity index (χ3n) is 5.41. The number of alkyl halides is 3. The maximum atomic E-state index is 12.9. The number of pyridine rings is 1. The summed E-state index contributed by atoms with van der Waals surface area (Å²) < 4.78 is 38.8. The van der Waals surface area contributed by atoms with E-state index in [0.717, 1.165) is 17.7 Å². The predicted octanol–water partition coefficient (Wildman–Crippen LogP) is 4.03. The van der Waals surface area contributed by atoms with Gasteiger partial charge >= 0.3 is 12.2 Å². The quantitative estimate of drug-likeness (QED) is 0.672. The number of likely N-dealkylation sites (tertiary alicyclic amines) is 1. The molecule has 32 heavy (non-hydrogen) atoms. The fourth-order valence-electron chi connectivity index (χ4n) is 3.53. The van der Waals surface area contributed by atoms with Gasteiger partial charge in [0.2, 0.25) is 5.91 Å². The molecule has 172 valence electrons. The standard InChI is InChI=1S/C22H24ClF3N4O2/c23-19-4-3-18(22(24,25)26)10-17(19)11-20(31)30-8-5-15(6-9-30)13-28-21(32)29-14-16-2-1-7-27-12-16/h1-4,7,10,12,15H,5-6,8-9,11,13-14H2,(H2,28,29,32). The molecule has 0 spiro atoms. The molecule has 1 aliphatic rings. The fourth-order valence-corrected chi connectivity index (χ4v) is 3.72. The van der Waals surface area contributed by atoms with Crippen molar-refractivity contribution in [3.63, 3.8) is 0 Å². The molecule has 1 aromatic heterocycles. The first-order valence-electron chi connectivity index (χ1n) is 10.3. The van der Waals surface area contributed by atoms with E-state index in [-0.39, 0.29) is 34.9 Å². The topological polar surface area (TPSA) is 74.3 Å². The van der Waals surface area contributed by atoms with Gasteiger partial charge in [0.1, 0.15) is 0 Å². The summed E-state index contributed by atoms with van der Waals surface area (Å²) >= 11 is 6.00. The molecular weight excluding hydrogens is 445 g/mol. The molecule has 2 N–H and O–H groups in total. The minimum atomic E-state index is -4.49. The van der Waals surface area contributed by atoms with E-state index < -0.39 is 11.7 Å². The smallest absolute Gasteiger partial charge is 0.342 e. The van der Waals surface area contributed by atoms with Crippen LogP contribution in [0.25, 0.3) is 0 Å². The summed E-state index contributed by atoms with van der Waals surface area (Å²) in [5.74, 6) is -0.0350. The van der Waals surface area contributed by atoms with E-state index >= 15 is 0 Å². The Balaban J connectivity index is 1.41. The Kier molecular flexibility index (Phi) is 7.95. The number of halogens is 4. The van der Waals surface area contributed by atoms with Gasteiger partial charge in [-0.1, -0.05) is 17.7 Å². The van der Waals surface area contributed by atoms with Crippen molar-refractivity contribution in [2.45, 2.75) is 32.0 Å². The van der Waals surface area contributed by atoms with Crippen molar-refractivity contribution in [1.82, 2.24) is 20.5 Å². The molecule has 1 aliphatic heterocycles. The lowest BCUT2D eigenvalue weighted by Crippen LogP contribution is -2.43. The zero-order valence-electron chi connectivity index (χ0n) is 17.3. The molecule has 0 aliphatic carbocycles. The zero-order chi connectivity index (χ0) is 23.1. The largest absolute Gasteiger partial charge is 0.416 e. The van der Waals surface area contributed by atoms with Crippen molar-refractivity contribution in [2.75, 3.05) is 19.6 Å². The van der Waals surface area contributed by atoms with Crippen LogP contribution < -0.4 is 10.6 Å². The van der Waals surface area contributed by atoms with Crippen molar-refractivity contribution in [3.8, 4) is 0 Å². The highest BCUT2D eigenvalue weighted by atomic mass is 35.5. The molecule has 6 nitrogen and oxygen atoms in total. The van der Waals surface area contributed by atoms with Crippen LogP contribution in [0.2, 0.25) is 5.02 Å². The number of nitrogens with one attached hydrogen (secondary N) is 2. The minimum absolute atomic E-state index is 0.141.